The number of aliphatic hydroxyl groups is 1. The molecule has 0 saturated heterocycles. The van der Waals surface area contributed by atoms with Crippen molar-refractivity contribution in [2.24, 2.45) is 0 Å². The number of hydrogen-bond acceptors (Lipinski definition) is 7. The maximum atomic E-state index is 9.43. The van der Waals surface area contributed by atoms with Crippen molar-refractivity contribution in [2.75, 3.05) is 18.1 Å². The van der Waals surface area contributed by atoms with E-state index in [-0.39, 0.29) is 23.6 Å². The number of thioether (sulfide) groups is 1. The van der Waals surface area contributed by atoms with Crippen LogP contribution >= 0.6 is 11.8 Å². The van der Waals surface area contributed by atoms with Crippen molar-refractivity contribution in [3.05, 3.63) is 35.7 Å². The monoisotopic (exact) mass is 297 g/mol. The van der Waals surface area contributed by atoms with Gasteiger partial charge in [0, 0.05) is 29.3 Å². The van der Waals surface area contributed by atoms with E-state index in [0.717, 1.165) is 0 Å². The minimum absolute atomic E-state index is 0.0423. The Bertz CT molecular complexity index is 734. The van der Waals surface area contributed by atoms with Crippen LogP contribution in [0.1, 0.15) is 11.1 Å². The second kappa shape index (κ2) is 6.71. The largest absolute Gasteiger partial charge is 0.396 e. The third-order valence-corrected chi connectivity index (χ3v) is 3.65. The second-order valence-electron chi connectivity index (χ2n) is 3.96. The van der Waals surface area contributed by atoms with Gasteiger partial charge in [0.05, 0.1) is 12.2 Å². The van der Waals surface area contributed by atoms with Crippen LogP contribution in [0.25, 0.3) is 11.1 Å². The van der Waals surface area contributed by atoms with E-state index in [2.05, 4.69) is 16.0 Å². The summed E-state index contributed by atoms with van der Waals surface area (Å²) in [6, 6.07) is 7.54. The number of nitrogens with two attached hydrogens (primary N) is 1. The van der Waals surface area contributed by atoms with Crippen LogP contribution in [0.4, 0.5) is 5.82 Å². The molecule has 2 heterocycles. The summed E-state index contributed by atoms with van der Waals surface area (Å²) in [6.07, 6.45) is 3.17. The Kier molecular flexibility index (Phi) is 4.72. The summed E-state index contributed by atoms with van der Waals surface area (Å²) in [6.45, 7) is -0.0423. The molecule has 2 aromatic rings. The lowest BCUT2D eigenvalue weighted by Gasteiger charge is -2.12. The van der Waals surface area contributed by atoms with Gasteiger partial charge in [0.2, 0.25) is 0 Å². The van der Waals surface area contributed by atoms with Gasteiger partial charge in [-0.15, -0.1) is 11.8 Å². The maximum absolute atomic E-state index is 9.43. The number of nitriles is 2. The number of nitrogen functional groups attached to an aromatic ring is 1. The molecule has 0 aromatic carbocycles. The molecule has 2 aromatic heterocycles. The average Bonchev–Trinajstić information content (AvgIpc) is 2.52. The predicted molar refractivity (Wildman–Crippen MR) is 79.1 cm³/mol. The number of anilines is 1. The van der Waals surface area contributed by atoms with Crippen LogP contribution in [-0.4, -0.2) is 27.4 Å². The van der Waals surface area contributed by atoms with Crippen molar-refractivity contribution < 1.29 is 5.11 Å². The summed E-state index contributed by atoms with van der Waals surface area (Å²) in [7, 11) is 0. The Balaban J connectivity index is 2.74. The van der Waals surface area contributed by atoms with Crippen molar-refractivity contribution in [1.29, 1.82) is 10.5 Å². The molecule has 2 rings (SSSR count). The molecule has 21 heavy (non-hydrogen) atoms. The third-order valence-electron chi connectivity index (χ3n) is 2.70. The molecule has 0 radical (unpaired) electrons. The lowest BCUT2D eigenvalue weighted by molar-refractivity contribution is 0.322. The maximum Gasteiger partial charge on any atom is 0.143 e. The molecule has 0 amide bonds. The highest BCUT2D eigenvalue weighted by Gasteiger charge is 2.20. The first kappa shape index (κ1) is 14.8. The molecular formula is C14H11N5OS. The predicted octanol–water partition coefficient (Wildman–Crippen LogP) is 1.55. The molecule has 0 bridgehead atoms. The number of aromatic nitrogens is 2. The Hall–Kier alpha value is -2.61. The van der Waals surface area contributed by atoms with Crippen LogP contribution in [0.15, 0.2) is 29.6 Å². The standard InChI is InChI=1S/C14H11N5OS/c15-6-10-12(9-2-1-3-18-8-9)11(7-16)14(19-13(10)17)21-5-4-20/h1-3,8,20H,4-5H2,(H2,17,19). The Morgan fingerprint density at radius 3 is 2.62 bits per heavy atom. The molecule has 7 heteroatoms. The molecule has 0 unspecified atom stereocenters. The Morgan fingerprint density at radius 2 is 2.05 bits per heavy atom. The zero-order chi connectivity index (χ0) is 15.2. The highest BCUT2D eigenvalue weighted by Crippen LogP contribution is 2.34. The van der Waals surface area contributed by atoms with Crippen LogP contribution in [0.5, 0.6) is 0 Å². The van der Waals surface area contributed by atoms with E-state index in [4.69, 9.17) is 10.8 Å². The van der Waals surface area contributed by atoms with Gasteiger partial charge in [-0.25, -0.2) is 4.98 Å². The normalized spacial score (nSPS) is 9.86. The van der Waals surface area contributed by atoms with E-state index >= 15 is 0 Å². The fourth-order valence-electron chi connectivity index (χ4n) is 1.84. The van der Waals surface area contributed by atoms with E-state index in [9.17, 15) is 10.5 Å². The highest BCUT2D eigenvalue weighted by molar-refractivity contribution is 7.99. The molecule has 6 nitrogen and oxygen atoms in total. The fourth-order valence-corrected chi connectivity index (χ4v) is 2.58. The molecule has 0 aliphatic heterocycles. The molecule has 0 aliphatic rings. The van der Waals surface area contributed by atoms with Crippen LogP contribution in [0.2, 0.25) is 0 Å². The van der Waals surface area contributed by atoms with E-state index in [1.165, 1.54) is 11.8 Å². The summed E-state index contributed by atoms with van der Waals surface area (Å²) in [4.78, 5) is 8.11. The minimum atomic E-state index is -0.0423. The lowest BCUT2D eigenvalue weighted by atomic mass is 9.98. The topological polar surface area (TPSA) is 120 Å². The highest BCUT2D eigenvalue weighted by atomic mass is 32.2. The van der Waals surface area contributed by atoms with E-state index in [1.807, 2.05) is 6.07 Å². The number of pyridine rings is 2. The van der Waals surface area contributed by atoms with Crippen molar-refractivity contribution in [1.82, 2.24) is 9.97 Å². The van der Waals surface area contributed by atoms with Gasteiger partial charge in [0.25, 0.3) is 0 Å². The SMILES string of the molecule is N#Cc1c(N)nc(SCCO)c(C#N)c1-c1cccnc1. The lowest BCUT2D eigenvalue weighted by Crippen LogP contribution is -2.04. The van der Waals surface area contributed by atoms with Crippen molar-refractivity contribution >= 4 is 17.6 Å². The molecule has 3 N–H and O–H groups in total. The first-order valence-corrected chi connectivity index (χ1v) is 6.99. The summed E-state index contributed by atoms with van der Waals surface area (Å²) in [5.41, 5.74) is 7.32. The molecule has 0 aliphatic carbocycles. The zero-order valence-electron chi connectivity index (χ0n) is 10.9. The summed E-state index contributed by atoms with van der Waals surface area (Å²) in [5.74, 6) is 0.454. The molecule has 0 saturated carbocycles. The number of aliphatic hydroxyl groups excluding tert-OH is 1. The van der Waals surface area contributed by atoms with Gasteiger partial charge >= 0.3 is 0 Å². The first-order valence-electron chi connectivity index (χ1n) is 6.00. The van der Waals surface area contributed by atoms with Gasteiger partial charge in [0.1, 0.15) is 28.5 Å². The number of rotatable bonds is 4. The van der Waals surface area contributed by atoms with Crippen LogP contribution in [-0.2, 0) is 0 Å². The van der Waals surface area contributed by atoms with Crippen LogP contribution < -0.4 is 5.73 Å². The smallest absolute Gasteiger partial charge is 0.143 e. The van der Waals surface area contributed by atoms with E-state index in [0.29, 0.717) is 21.9 Å². The zero-order valence-corrected chi connectivity index (χ0v) is 11.8. The number of hydrogen-bond donors (Lipinski definition) is 2. The van der Waals surface area contributed by atoms with Gasteiger partial charge in [-0.2, -0.15) is 10.5 Å². The van der Waals surface area contributed by atoms with Gasteiger partial charge < -0.3 is 10.8 Å². The average molecular weight is 297 g/mol. The molecule has 0 atom stereocenters. The Labute approximate surface area is 125 Å². The van der Waals surface area contributed by atoms with Gasteiger partial charge in [-0.1, -0.05) is 6.07 Å². The molecule has 0 spiro atoms. The second-order valence-corrected chi connectivity index (χ2v) is 5.05. The molecule has 0 fully saturated rings. The van der Waals surface area contributed by atoms with E-state index < -0.39 is 0 Å². The summed E-state index contributed by atoms with van der Waals surface area (Å²) >= 11 is 1.22. The summed E-state index contributed by atoms with van der Waals surface area (Å²) < 4.78 is 0. The van der Waals surface area contributed by atoms with Crippen molar-refractivity contribution in [3.63, 3.8) is 0 Å². The van der Waals surface area contributed by atoms with Crippen LogP contribution in [0, 0.1) is 22.7 Å². The third kappa shape index (κ3) is 2.95. The molecule has 104 valence electrons. The van der Waals surface area contributed by atoms with Gasteiger partial charge in [-0.3, -0.25) is 4.98 Å². The minimum Gasteiger partial charge on any atom is -0.396 e. The number of nitrogens with zero attached hydrogens (tertiary/aromatic N) is 4. The quantitative estimate of drug-likeness (QED) is 0.821. The van der Waals surface area contributed by atoms with Crippen molar-refractivity contribution in [3.8, 4) is 23.3 Å². The van der Waals surface area contributed by atoms with Crippen LogP contribution in [0.3, 0.4) is 0 Å². The first-order chi connectivity index (χ1) is 10.2. The van der Waals surface area contributed by atoms with Gasteiger partial charge in [-0.05, 0) is 6.07 Å². The Morgan fingerprint density at radius 1 is 1.29 bits per heavy atom. The van der Waals surface area contributed by atoms with E-state index in [1.54, 1.807) is 24.5 Å². The summed E-state index contributed by atoms with van der Waals surface area (Å²) in [5, 5.41) is 28.1. The van der Waals surface area contributed by atoms with Gasteiger partial charge in [0.15, 0.2) is 0 Å². The fraction of sp³-hybridized carbons (Fsp3) is 0.143. The van der Waals surface area contributed by atoms with Crippen molar-refractivity contribution in [2.45, 2.75) is 5.03 Å². The molecular weight excluding hydrogens is 286 g/mol.